The third kappa shape index (κ3) is 2.68. The lowest BCUT2D eigenvalue weighted by Crippen LogP contribution is -2.48. The van der Waals surface area contributed by atoms with Gasteiger partial charge in [0, 0.05) is 25.7 Å². The van der Waals surface area contributed by atoms with Gasteiger partial charge in [0.1, 0.15) is 0 Å². The van der Waals surface area contributed by atoms with Gasteiger partial charge in [0.05, 0.1) is 0 Å². The van der Waals surface area contributed by atoms with Crippen LogP contribution in [0.3, 0.4) is 0 Å². The first kappa shape index (κ1) is 8.97. The lowest BCUT2D eigenvalue weighted by molar-refractivity contribution is 0.366. The summed E-state index contributed by atoms with van der Waals surface area (Å²) in [5, 5.41) is 6.97. The van der Waals surface area contributed by atoms with Gasteiger partial charge in [-0.2, -0.15) is 0 Å². The maximum absolute atomic E-state index is 3.55. The van der Waals surface area contributed by atoms with Crippen molar-refractivity contribution in [2.24, 2.45) is 5.92 Å². The predicted octanol–water partition coefficient (Wildman–Crippen LogP) is 1.07. The van der Waals surface area contributed by atoms with E-state index in [4.69, 9.17) is 0 Å². The molecule has 1 aliphatic carbocycles. The standard InChI is InChI=1S/C11H18N2/c1-2-4-10(5-3-1)8-11-9-12-6-7-13-11/h1-4,10-13H,5-9H2. The molecular weight excluding hydrogens is 160 g/mol. The van der Waals surface area contributed by atoms with E-state index in [1.807, 2.05) is 0 Å². The quantitative estimate of drug-likeness (QED) is 0.661. The number of rotatable bonds is 2. The molecule has 0 aromatic rings. The summed E-state index contributed by atoms with van der Waals surface area (Å²) in [6, 6.07) is 0.676. The number of nitrogens with one attached hydrogen (secondary N) is 2. The zero-order valence-electron chi connectivity index (χ0n) is 8.00. The van der Waals surface area contributed by atoms with Gasteiger partial charge in [0.25, 0.3) is 0 Å². The van der Waals surface area contributed by atoms with Crippen molar-refractivity contribution in [3.05, 3.63) is 24.3 Å². The molecule has 0 aromatic heterocycles. The van der Waals surface area contributed by atoms with Crippen LogP contribution in [0.2, 0.25) is 0 Å². The van der Waals surface area contributed by atoms with E-state index in [1.54, 1.807) is 0 Å². The Balaban J connectivity index is 1.76. The second kappa shape index (κ2) is 4.58. The summed E-state index contributed by atoms with van der Waals surface area (Å²) in [5.41, 5.74) is 0. The van der Waals surface area contributed by atoms with Crippen LogP contribution in [-0.4, -0.2) is 25.7 Å². The Hall–Kier alpha value is -0.600. The molecule has 2 aliphatic rings. The highest BCUT2D eigenvalue weighted by Crippen LogP contribution is 2.17. The van der Waals surface area contributed by atoms with E-state index in [0.29, 0.717) is 6.04 Å². The molecule has 13 heavy (non-hydrogen) atoms. The van der Waals surface area contributed by atoms with E-state index in [0.717, 1.165) is 25.6 Å². The highest BCUT2D eigenvalue weighted by Gasteiger charge is 2.16. The lowest BCUT2D eigenvalue weighted by Gasteiger charge is -2.27. The Labute approximate surface area is 80.1 Å². The first-order valence-electron chi connectivity index (χ1n) is 5.22. The van der Waals surface area contributed by atoms with Gasteiger partial charge in [-0.3, -0.25) is 0 Å². The molecule has 1 heterocycles. The Morgan fingerprint density at radius 3 is 2.92 bits per heavy atom. The van der Waals surface area contributed by atoms with E-state index in [-0.39, 0.29) is 0 Å². The van der Waals surface area contributed by atoms with E-state index >= 15 is 0 Å². The highest BCUT2D eigenvalue weighted by molar-refractivity contribution is 5.11. The molecule has 2 rings (SSSR count). The summed E-state index contributed by atoms with van der Waals surface area (Å²) in [6.45, 7) is 3.38. The predicted molar refractivity (Wildman–Crippen MR) is 55.7 cm³/mol. The molecule has 2 nitrogen and oxygen atoms in total. The van der Waals surface area contributed by atoms with Crippen molar-refractivity contribution in [1.29, 1.82) is 0 Å². The Kier molecular flexibility index (Phi) is 3.16. The molecule has 0 saturated carbocycles. The minimum Gasteiger partial charge on any atom is -0.314 e. The summed E-state index contributed by atoms with van der Waals surface area (Å²) in [5.74, 6) is 0.752. The molecule has 0 aromatic carbocycles. The maximum Gasteiger partial charge on any atom is 0.0198 e. The first-order valence-corrected chi connectivity index (χ1v) is 5.22. The van der Waals surface area contributed by atoms with Crippen LogP contribution in [0.5, 0.6) is 0 Å². The van der Waals surface area contributed by atoms with E-state index < -0.39 is 0 Å². The third-order valence-electron chi connectivity index (χ3n) is 2.78. The summed E-state index contributed by atoms with van der Waals surface area (Å²) in [7, 11) is 0. The van der Waals surface area contributed by atoms with Crippen LogP contribution in [0.4, 0.5) is 0 Å². The molecule has 2 heteroatoms. The molecule has 0 bridgehead atoms. The highest BCUT2D eigenvalue weighted by atomic mass is 15.0. The van der Waals surface area contributed by atoms with Crippen molar-refractivity contribution in [2.75, 3.05) is 19.6 Å². The van der Waals surface area contributed by atoms with Crippen LogP contribution >= 0.6 is 0 Å². The average molecular weight is 178 g/mol. The smallest absolute Gasteiger partial charge is 0.0198 e. The number of hydrogen-bond acceptors (Lipinski definition) is 2. The van der Waals surface area contributed by atoms with Crippen LogP contribution in [-0.2, 0) is 0 Å². The zero-order valence-corrected chi connectivity index (χ0v) is 8.00. The normalized spacial score (nSPS) is 33.5. The molecule has 1 saturated heterocycles. The fraction of sp³-hybridized carbons (Fsp3) is 0.636. The molecule has 1 fully saturated rings. The third-order valence-corrected chi connectivity index (χ3v) is 2.78. The first-order chi connectivity index (χ1) is 6.45. The number of hydrogen-bond donors (Lipinski definition) is 2. The molecular formula is C11H18N2. The molecule has 72 valence electrons. The second-order valence-corrected chi connectivity index (χ2v) is 3.90. The molecule has 0 amide bonds. The van der Waals surface area contributed by atoms with Crippen LogP contribution < -0.4 is 10.6 Å². The molecule has 2 atom stereocenters. The largest absolute Gasteiger partial charge is 0.314 e. The van der Waals surface area contributed by atoms with Crippen molar-refractivity contribution in [1.82, 2.24) is 10.6 Å². The number of allylic oxidation sites excluding steroid dienone is 4. The fourth-order valence-corrected chi connectivity index (χ4v) is 2.05. The van der Waals surface area contributed by atoms with Gasteiger partial charge in [0.15, 0.2) is 0 Å². The van der Waals surface area contributed by atoms with Crippen molar-refractivity contribution in [3.63, 3.8) is 0 Å². The van der Waals surface area contributed by atoms with Crippen molar-refractivity contribution in [2.45, 2.75) is 18.9 Å². The van der Waals surface area contributed by atoms with Crippen molar-refractivity contribution >= 4 is 0 Å². The van der Waals surface area contributed by atoms with Crippen LogP contribution in [0.1, 0.15) is 12.8 Å². The van der Waals surface area contributed by atoms with Gasteiger partial charge in [-0.05, 0) is 18.8 Å². The molecule has 2 N–H and O–H groups in total. The van der Waals surface area contributed by atoms with Crippen LogP contribution in [0.25, 0.3) is 0 Å². The molecule has 0 spiro atoms. The summed E-state index contributed by atoms with van der Waals surface area (Å²) in [4.78, 5) is 0. The van der Waals surface area contributed by atoms with Gasteiger partial charge in [-0.15, -0.1) is 0 Å². The van der Waals surface area contributed by atoms with Crippen molar-refractivity contribution < 1.29 is 0 Å². The SMILES string of the molecule is C1=CCC(CC2CNCCN2)C=C1. The fourth-order valence-electron chi connectivity index (χ4n) is 2.05. The Morgan fingerprint density at radius 2 is 2.23 bits per heavy atom. The van der Waals surface area contributed by atoms with Gasteiger partial charge in [-0.1, -0.05) is 24.3 Å². The molecule has 0 radical (unpaired) electrons. The van der Waals surface area contributed by atoms with E-state index in [1.165, 1.54) is 12.8 Å². The molecule has 2 unspecified atom stereocenters. The minimum absolute atomic E-state index is 0.676. The number of piperazine rings is 1. The van der Waals surface area contributed by atoms with Gasteiger partial charge < -0.3 is 10.6 Å². The Morgan fingerprint density at radius 1 is 1.23 bits per heavy atom. The topological polar surface area (TPSA) is 24.1 Å². The summed E-state index contributed by atoms with van der Waals surface area (Å²) < 4.78 is 0. The van der Waals surface area contributed by atoms with E-state index in [9.17, 15) is 0 Å². The van der Waals surface area contributed by atoms with Gasteiger partial charge >= 0.3 is 0 Å². The summed E-state index contributed by atoms with van der Waals surface area (Å²) >= 11 is 0. The van der Waals surface area contributed by atoms with Gasteiger partial charge in [-0.25, -0.2) is 0 Å². The van der Waals surface area contributed by atoms with Crippen LogP contribution in [0, 0.1) is 5.92 Å². The second-order valence-electron chi connectivity index (χ2n) is 3.90. The lowest BCUT2D eigenvalue weighted by atomic mass is 9.93. The Bertz CT molecular complexity index is 202. The monoisotopic (exact) mass is 178 g/mol. The summed E-state index contributed by atoms with van der Waals surface area (Å²) in [6.07, 6.45) is 11.4. The average Bonchev–Trinajstić information content (AvgIpc) is 2.21. The van der Waals surface area contributed by atoms with Crippen LogP contribution in [0.15, 0.2) is 24.3 Å². The zero-order chi connectivity index (χ0) is 8.93. The van der Waals surface area contributed by atoms with E-state index in [2.05, 4.69) is 34.9 Å². The molecule has 1 aliphatic heterocycles. The van der Waals surface area contributed by atoms with Gasteiger partial charge in [0.2, 0.25) is 0 Å². The van der Waals surface area contributed by atoms with Crippen molar-refractivity contribution in [3.8, 4) is 0 Å². The maximum atomic E-state index is 3.55. The minimum atomic E-state index is 0.676.